The van der Waals surface area contributed by atoms with Gasteiger partial charge < -0.3 is 4.79 Å². The van der Waals surface area contributed by atoms with Gasteiger partial charge in [-0.3, -0.25) is 0 Å². The molecule has 0 unspecified atom stereocenters. The summed E-state index contributed by atoms with van der Waals surface area (Å²) < 4.78 is -0.0157. The van der Waals surface area contributed by atoms with Gasteiger partial charge in [0.05, 0.1) is 3.42 Å². The average molecular weight is 266 g/mol. The molecule has 0 bridgehead atoms. The molecule has 1 rings (SSSR count). The molecule has 0 radical (unpaired) electrons. The van der Waals surface area contributed by atoms with E-state index >= 15 is 0 Å². The van der Waals surface area contributed by atoms with Gasteiger partial charge in [0.25, 0.3) is 0 Å². The van der Waals surface area contributed by atoms with Crippen molar-refractivity contribution in [2.24, 2.45) is 0 Å². The summed E-state index contributed by atoms with van der Waals surface area (Å²) in [6.07, 6.45) is 9.82. The van der Waals surface area contributed by atoms with Crippen molar-refractivity contribution < 1.29 is 4.79 Å². The summed E-state index contributed by atoms with van der Waals surface area (Å²) >= 11 is 2.33. The number of hydrogen-bond acceptors (Lipinski definition) is 1. The first-order valence-corrected chi connectivity index (χ1v) is 5.50. The van der Waals surface area contributed by atoms with Crippen LogP contribution in [0.15, 0.2) is 0 Å². The quantitative estimate of drug-likeness (QED) is 0.405. The fourth-order valence-electron chi connectivity index (χ4n) is 1.61. The zero-order valence-corrected chi connectivity index (χ0v) is 8.97. The van der Waals surface area contributed by atoms with Gasteiger partial charge >= 0.3 is 0 Å². The van der Waals surface area contributed by atoms with Crippen LogP contribution in [0.2, 0.25) is 0 Å². The first-order chi connectivity index (χ1) is 5.27. The van der Waals surface area contributed by atoms with E-state index in [-0.39, 0.29) is 3.42 Å². The average Bonchev–Trinajstić information content (AvgIpc) is 1.98. The highest BCUT2D eigenvalue weighted by molar-refractivity contribution is 14.1. The molecule has 1 saturated carbocycles. The fourth-order valence-corrected chi connectivity index (χ4v) is 2.37. The number of carbonyl (C=O) groups is 1. The van der Waals surface area contributed by atoms with E-state index in [9.17, 15) is 4.79 Å². The smallest absolute Gasteiger partial charge is 0.135 e. The Morgan fingerprint density at radius 1 is 1.00 bits per heavy atom. The summed E-state index contributed by atoms with van der Waals surface area (Å²) in [5, 5.41) is 0. The van der Waals surface area contributed by atoms with Gasteiger partial charge in [-0.1, -0.05) is 54.7 Å². The maximum Gasteiger partial charge on any atom is 0.135 e. The van der Waals surface area contributed by atoms with Crippen molar-refractivity contribution in [2.75, 3.05) is 0 Å². The molecule has 0 aromatic heterocycles. The van der Waals surface area contributed by atoms with Gasteiger partial charge in [-0.15, -0.1) is 0 Å². The molecule has 0 saturated heterocycles. The molecule has 0 heterocycles. The Kier molecular flexibility index (Phi) is 3.82. The minimum absolute atomic E-state index is 0.0157. The first-order valence-electron chi connectivity index (χ1n) is 4.42. The summed E-state index contributed by atoms with van der Waals surface area (Å²) in [4.78, 5) is 10.7. The molecule has 0 amide bonds. The van der Waals surface area contributed by atoms with Crippen LogP contribution in [0.5, 0.6) is 0 Å². The Bertz CT molecular complexity index is 126. The lowest BCUT2D eigenvalue weighted by Gasteiger charge is -2.22. The number of carbonyl (C=O) groups excluding carboxylic acids is 1. The van der Waals surface area contributed by atoms with Gasteiger partial charge in [-0.2, -0.15) is 0 Å². The van der Waals surface area contributed by atoms with Crippen LogP contribution in [0.4, 0.5) is 0 Å². The highest BCUT2D eigenvalue weighted by Crippen LogP contribution is 2.32. The second-order valence-corrected chi connectivity index (χ2v) is 5.57. The molecule has 0 atom stereocenters. The molecular formula is C9H15IO. The van der Waals surface area contributed by atoms with Crippen LogP contribution in [0.3, 0.4) is 0 Å². The predicted octanol–water partition coefficient (Wildman–Crippen LogP) is 3.10. The van der Waals surface area contributed by atoms with Gasteiger partial charge in [-0.25, -0.2) is 0 Å². The number of halogens is 1. The Balaban J connectivity index is 2.43. The molecule has 64 valence electrons. The standard InChI is InChI=1S/C9H15IO/c10-9(8-11)6-4-2-1-3-5-7-9/h8H,1-7H2. The molecule has 0 N–H and O–H groups in total. The van der Waals surface area contributed by atoms with Crippen molar-refractivity contribution in [1.29, 1.82) is 0 Å². The number of aldehydes is 1. The van der Waals surface area contributed by atoms with E-state index in [2.05, 4.69) is 22.6 Å². The third-order valence-electron chi connectivity index (χ3n) is 2.40. The molecule has 1 aliphatic rings. The van der Waals surface area contributed by atoms with Crippen LogP contribution in [0.1, 0.15) is 44.9 Å². The molecule has 2 heteroatoms. The van der Waals surface area contributed by atoms with E-state index in [4.69, 9.17) is 0 Å². The van der Waals surface area contributed by atoms with E-state index in [1.165, 1.54) is 32.1 Å². The molecule has 0 spiro atoms. The van der Waals surface area contributed by atoms with Crippen molar-refractivity contribution >= 4 is 28.9 Å². The van der Waals surface area contributed by atoms with Crippen LogP contribution in [-0.2, 0) is 4.79 Å². The Hall–Kier alpha value is 0.400. The molecule has 0 aliphatic heterocycles. The second-order valence-electron chi connectivity index (χ2n) is 3.42. The van der Waals surface area contributed by atoms with Crippen LogP contribution in [0, 0.1) is 0 Å². The minimum Gasteiger partial charge on any atom is -0.302 e. The van der Waals surface area contributed by atoms with Gasteiger partial charge in [0, 0.05) is 0 Å². The van der Waals surface area contributed by atoms with E-state index in [0.717, 1.165) is 19.1 Å². The minimum atomic E-state index is -0.0157. The second kappa shape index (κ2) is 4.43. The maximum atomic E-state index is 10.7. The number of rotatable bonds is 1. The molecule has 1 fully saturated rings. The third-order valence-corrected chi connectivity index (χ3v) is 3.73. The Labute approximate surface area is 82.1 Å². The molecule has 11 heavy (non-hydrogen) atoms. The zero-order chi connectivity index (χ0) is 8.16. The summed E-state index contributed by atoms with van der Waals surface area (Å²) in [6, 6.07) is 0. The SMILES string of the molecule is O=CC1(I)CCCCCCC1. The van der Waals surface area contributed by atoms with Crippen molar-refractivity contribution in [2.45, 2.75) is 48.4 Å². The van der Waals surface area contributed by atoms with Gasteiger partial charge in [0.2, 0.25) is 0 Å². The molecule has 1 nitrogen and oxygen atoms in total. The predicted molar refractivity (Wildman–Crippen MR) is 55.1 cm³/mol. The van der Waals surface area contributed by atoms with Gasteiger partial charge in [0.15, 0.2) is 0 Å². The zero-order valence-electron chi connectivity index (χ0n) is 6.81. The van der Waals surface area contributed by atoms with E-state index in [1.54, 1.807) is 0 Å². The van der Waals surface area contributed by atoms with Crippen molar-refractivity contribution in [1.82, 2.24) is 0 Å². The molecular weight excluding hydrogens is 251 g/mol. The van der Waals surface area contributed by atoms with E-state index in [0.29, 0.717) is 0 Å². The van der Waals surface area contributed by atoms with Crippen molar-refractivity contribution in [3.8, 4) is 0 Å². The largest absolute Gasteiger partial charge is 0.302 e. The molecule has 1 aliphatic carbocycles. The van der Waals surface area contributed by atoms with Gasteiger partial charge in [0.1, 0.15) is 6.29 Å². The van der Waals surface area contributed by atoms with Crippen LogP contribution in [0.25, 0.3) is 0 Å². The Morgan fingerprint density at radius 3 is 1.91 bits per heavy atom. The lowest BCUT2D eigenvalue weighted by atomic mass is 9.92. The van der Waals surface area contributed by atoms with Crippen LogP contribution < -0.4 is 0 Å². The first kappa shape index (κ1) is 9.49. The normalized spacial score (nSPS) is 25.2. The van der Waals surface area contributed by atoms with Crippen molar-refractivity contribution in [3.05, 3.63) is 0 Å². The summed E-state index contributed by atoms with van der Waals surface area (Å²) in [6.45, 7) is 0. The summed E-state index contributed by atoms with van der Waals surface area (Å²) in [5.41, 5.74) is 0. The third kappa shape index (κ3) is 3.09. The van der Waals surface area contributed by atoms with E-state index < -0.39 is 0 Å². The fraction of sp³-hybridized carbons (Fsp3) is 0.889. The number of alkyl halides is 1. The maximum absolute atomic E-state index is 10.7. The summed E-state index contributed by atoms with van der Waals surface area (Å²) in [7, 11) is 0. The monoisotopic (exact) mass is 266 g/mol. The lowest BCUT2D eigenvalue weighted by Crippen LogP contribution is -2.23. The van der Waals surface area contributed by atoms with Crippen LogP contribution in [-0.4, -0.2) is 9.71 Å². The van der Waals surface area contributed by atoms with E-state index in [1.807, 2.05) is 0 Å². The highest BCUT2D eigenvalue weighted by Gasteiger charge is 2.25. The lowest BCUT2D eigenvalue weighted by molar-refractivity contribution is -0.109. The number of hydrogen-bond donors (Lipinski definition) is 0. The van der Waals surface area contributed by atoms with Crippen LogP contribution >= 0.6 is 22.6 Å². The van der Waals surface area contributed by atoms with Gasteiger partial charge in [-0.05, 0) is 12.8 Å². The van der Waals surface area contributed by atoms with Crippen molar-refractivity contribution in [3.63, 3.8) is 0 Å². The summed E-state index contributed by atoms with van der Waals surface area (Å²) in [5.74, 6) is 0. The molecule has 0 aromatic rings. The Morgan fingerprint density at radius 2 is 1.45 bits per heavy atom. The highest BCUT2D eigenvalue weighted by atomic mass is 127. The molecule has 0 aromatic carbocycles. The topological polar surface area (TPSA) is 17.1 Å².